The van der Waals surface area contributed by atoms with Crippen molar-refractivity contribution in [3.05, 3.63) is 59.4 Å². The Morgan fingerprint density at radius 3 is 2.79 bits per heavy atom. The van der Waals surface area contributed by atoms with Gasteiger partial charge in [-0.25, -0.2) is 4.98 Å². The fourth-order valence-electron chi connectivity index (χ4n) is 3.48. The number of hydrogen-bond donors (Lipinski definition) is 2. The van der Waals surface area contributed by atoms with E-state index in [1.807, 2.05) is 41.0 Å². The average Bonchev–Trinajstić information content (AvgIpc) is 3.06. The van der Waals surface area contributed by atoms with Gasteiger partial charge in [0.05, 0.1) is 11.0 Å². The molecule has 1 fully saturated rings. The molecule has 0 aliphatic carbocycles. The Morgan fingerprint density at radius 2 is 2.03 bits per heavy atom. The van der Waals surface area contributed by atoms with Gasteiger partial charge in [-0.2, -0.15) is 0 Å². The highest BCUT2D eigenvalue weighted by Crippen LogP contribution is 2.20. The molecule has 1 aliphatic rings. The molecule has 2 heterocycles. The third-order valence-electron chi connectivity index (χ3n) is 4.88. The molecule has 1 aromatic heterocycles. The maximum absolute atomic E-state index is 12.6. The lowest BCUT2D eigenvalue weighted by Crippen LogP contribution is -2.46. The zero-order chi connectivity index (χ0) is 19.3. The average molecular weight is 435 g/mol. The maximum atomic E-state index is 12.6. The molecular weight excluding hydrogens is 411 g/mol. The summed E-state index contributed by atoms with van der Waals surface area (Å²) in [6, 6.07) is 15.2. The molecule has 3 aromatic rings. The van der Waals surface area contributed by atoms with E-state index in [4.69, 9.17) is 16.3 Å². The number of fused-ring (bicyclic) bond motifs is 1. The molecule has 1 saturated heterocycles. The van der Waals surface area contributed by atoms with Crippen LogP contribution in [0.15, 0.2) is 48.5 Å². The Bertz CT molecular complexity index is 953. The highest BCUT2D eigenvalue weighted by Gasteiger charge is 2.18. The maximum Gasteiger partial charge on any atom is 0.240 e. The highest BCUT2D eigenvalue weighted by molar-refractivity contribution is 6.30. The topological polar surface area (TPSA) is 68.2 Å². The predicted molar refractivity (Wildman–Crippen MR) is 117 cm³/mol. The fraction of sp³-hybridized carbons (Fsp3) is 0.333. The molecule has 1 aliphatic heterocycles. The molecular formula is C21H24Cl2N4O2. The third kappa shape index (κ3) is 5.41. The quantitative estimate of drug-likeness (QED) is 0.622. The third-order valence-corrected chi connectivity index (χ3v) is 5.13. The summed E-state index contributed by atoms with van der Waals surface area (Å²) in [6.45, 7) is 2.33. The van der Waals surface area contributed by atoms with E-state index in [-0.39, 0.29) is 37.5 Å². The van der Waals surface area contributed by atoms with Crippen molar-refractivity contribution in [2.24, 2.45) is 0 Å². The molecule has 0 radical (unpaired) electrons. The zero-order valence-electron chi connectivity index (χ0n) is 15.9. The van der Waals surface area contributed by atoms with Gasteiger partial charge in [0.1, 0.15) is 24.7 Å². The van der Waals surface area contributed by atoms with Gasteiger partial charge in [-0.15, -0.1) is 12.4 Å². The molecule has 1 atom stereocenters. The number of carbonyl (C=O) groups excluding carboxylic acids is 1. The minimum Gasteiger partial charge on any atom is -0.486 e. The number of ether oxygens (including phenoxy) is 1. The molecule has 8 heteroatoms. The van der Waals surface area contributed by atoms with Crippen molar-refractivity contribution in [1.29, 1.82) is 0 Å². The molecule has 0 spiro atoms. The van der Waals surface area contributed by atoms with Crippen molar-refractivity contribution < 1.29 is 9.53 Å². The van der Waals surface area contributed by atoms with Crippen LogP contribution in [0.1, 0.15) is 18.7 Å². The number of carbonyl (C=O) groups is 1. The highest BCUT2D eigenvalue weighted by atomic mass is 35.5. The van der Waals surface area contributed by atoms with Crippen molar-refractivity contribution in [2.45, 2.75) is 32.0 Å². The monoisotopic (exact) mass is 434 g/mol. The van der Waals surface area contributed by atoms with Crippen LogP contribution in [0.25, 0.3) is 11.0 Å². The van der Waals surface area contributed by atoms with Crippen LogP contribution in [0.2, 0.25) is 5.02 Å². The number of benzene rings is 2. The molecule has 2 N–H and O–H groups in total. The number of para-hydroxylation sites is 2. The Balaban J connectivity index is 0.00000240. The summed E-state index contributed by atoms with van der Waals surface area (Å²) >= 11 is 5.92. The van der Waals surface area contributed by atoms with Crippen LogP contribution in [0, 0.1) is 0 Å². The standard InChI is InChI=1S/C21H23ClN4O2.ClH/c22-15-7-9-17(10-8-15)28-14-20-25-18-5-1-2-6-19(18)26(20)13-21(27)24-16-4-3-11-23-12-16;/h1-2,5-10,16,23H,3-4,11-14H2,(H,24,27);1H. The molecule has 6 nitrogen and oxygen atoms in total. The van der Waals surface area contributed by atoms with Gasteiger partial charge in [-0.1, -0.05) is 23.7 Å². The summed E-state index contributed by atoms with van der Waals surface area (Å²) in [4.78, 5) is 17.3. The van der Waals surface area contributed by atoms with E-state index in [0.717, 1.165) is 37.0 Å². The van der Waals surface area contributed by atoms with E-state index < -0.39 is 0 Å². The molecule has 154 valence electrons. The molecule has 4 rings (SSSR count). The normalized spacial score (nSPS) is 16.2. The first-order chi connectivity index (χ1) is 13.7. The van der Waals surface area contributed by atoms with Gasteiger partial charge >= 0.3 is 0 Å². The van der Waals surface area contributed by atoms with E-state index in [9.17, 15) is 4.79 Å². The Labute approximate surface area is 181 Å². The first kappa shape index (κ1) is 21.4. The van der Waals surface area contributed by atoms with E-state index >= 15 is 0 Å². The molecule has 2 aromatic carbocycles. The van der Waals surface area contributed by atoms with Gasteiger partial charge in [0.2, 0.25) is 5.91 Å². The number of aromatic nitrogens is 2. The number of hydrogen-bond acceptors (Lipinski definition) is 4. The number of halogens is 2. The number of nitrogens with one attached hydrogen (secondary N) is 2. The van der Waals surface area contributed by atoms with Crippen molar-refractivity contribution in [1.82, 2.24) is 20.2 Å². The van der Waals surface area contributed by atoms with Crippen LogP contribution in [-0.4, -0.2) is 34.6 Å². The van der Waals surface area contributed by atoms with Crippen LogP contribution >= 0.6 is 24.0 Å². The van der Waals surface area contributed by atoms with Gasteiger partial charge in [-0.05, 0) is 55.8 Å². The van der Waals surface area contributed by atoms with Crippen molar-refractivity contribution in [3.63, 3.8) is 0 Å². The number of amides is 1. The smallest absolute Gasteiger partial charge is 0.240 e. The van der Waals surface area contributed by atoms with E-state index in [1.54, 1.807) is 12.1 Å². The summed E-state index contributed by atoms with van der Waals surface area (Å²) in [5.74, 6) is 1.42. The van der Waals surface area contributed by atoms with Crippen LogP contribution in [0.5, 0.6) is 5.75 Å². The summed E-state index contributed by atoms with van der Waals surface area (Å²) in [5, 5.41) is 7.10. The van der Waals surface area contributed by atoms with Gasteiger partial charge in [0, 0.05) is 17.6 Å². The molecule has 0 bridgehead atoms. The van der Waals surface area contributed by atoms with Gasteiger partial charge in [0.25, 0.3) is 0 Å². The van der Waals surface area contributed by atoms with Gasteiger partial charge < -0.3 is 19.9 Å². The summed E-state index contributed by atoms with van der Waals surface area (Å²) in [6.07, 6.45) is 2.09. The molecule has 1 unspecified atom stereocenters. The van der Waals surface area contributed by atoms with Gasteiger partial charge in [-0.3, -0.25) is 4.79 Å². The summed E-state index contributed by atoms with van der Waals surface area (Å²) < 4.78 is 7.79. The van der Waals surface area contributed by atoms with E-state index in [2.05, 4.69) is 15.6 Å². The lowest BCUT2D eigenvalue weighted by atomic mass is 10.1. The Kier molecular flexibility index (Phi) is 7.36. The second kappa shape index (κ2) is 9.96. The lowest BCUT2D eigenvalue weighted by molar-refractivity contribution is -0.122. The summed E-state index contributed by atoms with van der Waals surface area (Å²) in [5.41, 5.74) is 1.78. The summed E-state index contributed by atoms with van der Waals surface area (Å²) in [7, 11) is 0. The number of nitrogens with zero attached hydrogens (tertiary/aromatic N) is 2. The molecule has 29 heavy (non-hydrogen) atoms. The van der Waals surface area contributed by atoms with Crippen molar-refractivity contribution in [2.75, 3.05) is 13.1 Å². The second-order valence-electron chi connectivity index (χ2n) is 6.96. The first-order valence-electron chi connectivity index (χ1n) is 9.51. The van der Waals surface area contributed by atoms with Crippen LogP contribution < -0.4 is 15.4 Å². The number of rotatable bonds is 6. The number of piperidine rings is 1. The van der Waals surface area contributed by atoms with Crippen molar-refractivity contribution >= 4 is 40.9 Å². The minimum absolute atomic E-state index is 0. The molecule has 0 saturated carbocycles. The zero-order valence-corrected chi connectivity index (χ0v) is 17.5. The van der Waals surface area contributed by atoms with Crippen molar-refractivity contribution in [3.8, 4) is 5.75 Å². The Hall–Kier alpha value is -2.28. The van der Waals surface area contributed by atoms with E-state index in [0.29, 0.717) is 16.6 Å². The lowest BCUT2D eigenvalue weighted by Gasteiger charge is -2.24. The van der Waals surface area contributed by atoms with Gasteiger partial charge in [0.15, 0.2) is 0 Å². The first-order valence-corrected chi connectivity index (χ1v) is 9.89. The minimum atomic E-state index is -0.00963. The van der Waals surface area contributed by atoms with Crippen LogP contribution in [-0.2, 0) is 17.9 Å². The second-order valence-corrected chi connectivity index (χ2v) is 7.39. The SMILES string of the molecule is Cl.O=C(Cn1c(COc2ccc(Cl)cc2)nc2ccccc21)NC1CCCNC1. The molecule has 1 amide bonds. The Morgan fingerprint density at radius 1 is 1.24 bits per heavy atom. The van der Waals surface area contributed by atoms with Crippen LogP contribution in [0.3, 0.4) is 0 Å². The largest absolute Gasteiger partial charge is 0.486 e. The predicted octanol–water partition coefficient (Wildman–Crippen LogP) is 3.56. The van der Waals surface area contributed by atoms with E-state index in [1.165, 1.54) is 0 Å². The number of imidazole rings is 1. The fourth-order valence-corrected chi connectivity index (χ4v) is 3.61. The van der Waals surface area contributed by atoms with Crippen LogP contribution in [0.4, 0.5) is 0 Å².